The monoisotopic (exact) mass is 278 g/mol. The molecule has 6 heteroatoms. The van der Waals surface area contributed by atoms with Crippen LogP contribution >= 0.6 is 0 Å². The lowest BCUT2D eigenvalue weighted by atomic mass is 10.1. The molecule has 1 fully saturated rings. The fourth-order valence-electron chi connectivity index (χ4n) is 2.30. The molecule has 1 aromatic rings. The number of rotatable bonds is 2. The van der Waals surface area contributed by atoms with E-state index >= 15 is 0 Å². The molecule has 0 atom stereocenters. The summed E-state index contributed by atoms with van der Waals surface area (Å²) >= 11 is 0. The van der Waals surface area contributed by atoms with Crippen molar-refractivity contribution in [3.05, 3.63) is 27.4 Å². The predicted octanol–water partition coefficient (Wildman–Crippen LogP) is 0.589. The van der Waals surface area contributed by atoms with Crippen molar-refractivity contribution in [3.63, 3.8) is 0 Å². The Bertz CT molecular complexity index is 557. The molecule has 6 nitrogen and oxygen atoms in total. The number of carbonyl (C=O) groups is 1. The predicted molar refractivity (Wildman–Crippen MR) is 77.1 cm³/mol. The van der Waals surface area contributed by atoms with E-state index in [1.54, 1.807) is 11.8 Å². The standard InChI is InChI=1S/C14H22N4O2/c1-9(2)12-15-10(3)11(13(19)16-12)14(20)18-7-5-17(4)6-8-18/h9H,5-8H2,1-4H3,(H,15,16,19). The Kier molecular flexibility index (Phi) is 4.23. The Hall–Kier alpha value is -1.69. The van der Waals surface area contributed by atoms with Crippen molar-refractivity contribution in [1.29, 1.82) is 0 Å². The number of piperazine rings is 1. The zero-order valence-corrected chi connectivity index (χ0v) is 12.6. The first-order valence-electron chi connectivity index (χ1n) is 6.98. The number of nitrogens with zero attached hydrogens (tertiary/aromatic N) is 3. The number of hydrogen-bond acceptors (Lipinski definition) is 4. The second kappa shape index (κ2) is 5.75. The lowest BCUT2D eigenvalue weighted by molar-refractivity contribution is 0.0661. The van der Waals surface area contributed by atoms with Crippen molar-refractivity contribution in [2.75, 3.05) is 33.2 Å². The van der Waals surface area contributed by atoms with E-state index < -0.39 is 0 Å². The van der Waals surface area contributed by atoms with Gasteiger partial charge >= 0.3 is 0 Å². The van der Waals surface area contributed by atoms with Gasteiger partial charge in [-0.2, -0.15) is 0 Å². The first-order valence-corrected chi connectivity index (χ1v) is 6.98. The Morgan fingerprint density at radius 2 is 1.85 bits per heavy atom. The van der Waals surface area contributed by atoms with Crippen LogP contribution in [0.4, 0.5) is 0 Å². The average Bonchev–Trinajstić information content (AvgIpc) is 2.38. The second-order valence-electron chi connectivity index (χ2n) is 5.66. The number of carbonyl (C=O) groups excluding carboxylic acids is 1. The molecule has 20 heavy (non-hydrogen) atoms. The van der Waals surface area contributed by atoms with Crippen molar-refractivity contribution in [2.24, 2.45) is 0 Å². The minimum atomic E-state index is -0.329. The van der Waals surface area contributed by atoms with E-state index in [1.807, 2.05) is 20.9 Å². The van der Waals surface area contributed by atoms with Gasteiger partial charge in [-0.05, 0) is 14.0 Å². The van der Waals surface area contributed by atoms with E-state index in [-0.39, 0.29) is 22.9 Å². The summed E-state index contributed by atoms with van der Waals surface area (Å²) in [6.07, 6.45) is 0. The van der Waals surface area contributed by atoms with Crippen molar-refractivity contribution < 1.29 is 4.79 Å². The SMILES string of the molecule is Cc1nc(C(C)C)[nH]c(=O)c1C(=O)N1CCN(C)CC1. The second-order valence-corrected chi connectivity index (χ2v) is 5.66. The highest BCUT2D eigenvalue weighted by Crippen LogP contribution is 2.11. The molecule has 0 bridgehead atoms. The van der Waals surface area contributed by atoms with E-state index in [0.29, 0.717) is 24.6 Å². The molecule has 0 aromatic carbocycles. The maximum absolute atomic E-state index is 12.5. The molecule has 1 saturated heterocycles. The quantitative estimate of drug-likeness (QED) is 0.859. The number of likely N-dealkylation sites (N-methyl/N-ethyl adjacent to an activating group) is 1. The van der Waals surface area contributed by atoms with Crippen molar-refractivity contribution in [2.45, 2.75) is 26.7 Å². The molecule has 0 spiro atoms. The fourth-order valence-corrected chi connectivity index (χ4v) is 2.30. The highest BCUT2D eigenvalue weighted by Gasteiger charge is 2.25. The van der Waals surface area contributed by atoms with Crippen LogP contribution in [0.1, 0.15) is 41.6 Å². The van der Waals surface area contributed by atoms with Gasteiger partial charge in [0.15, 0.2) is 0 Å². The van der Waals surface area contributed by atoms with Crippen molar-refractivity contribution >= 4 is 5.91 Å². The third kappa shape index (κ3) is 2.90. The van der Waals surface area contributed by atoms with Gasteiger partial charge in [-0.1, -0.05) is 13.8 Å². The summed E-state index contributed by atoms with van der Waals surface area (Å²) in [7, 11) is 2.03. The minimum absolute atomic E-state index is 0.134. The molecular weight excluding hydrogens is 256 g/mol. The van der Waals surface area contributed by atoms with Crippen LogP contribution in [0.2, 0.25) is 0 Å². The van der Waals surface area contributed by atoms with Crippen LogP contribution in [0, 0.1) is 6.92 Å². The molecule has 2 heterocycles. The summed E-state index contributed by atoms with van der Waals surface area (Å²) in [6.45, 7) is 8.62. The number of hydrogen-bond donors (Lipinski definition) is 1. The molecule has 0 radical (unpaired) electrons. The summed E-state index contributed by atoms with van der Waals surface area (Å²) in [5, 5.41) is 0. The third-order valence-electron chi connectivity index (χ3n) is 3.67. The highest BCUT2D eigenvalue weighted by molar-refractivity contribution is 5.94. The van der Waals surface area contributed by atoms with Gasteiger partial charge in [-0.15, -0.1) is 0 Å². The van der Waals surface area contributed by atoms with E-state index in [0.717, 1.165) is 13.1 Å². The number of H-pyrrole nitrogens is 1. The first kappa shape index (κ1) is 14.7. The number of aromatic nitrogens is 2. The summed E-state index contributed by atoms with van der Waals surface area (Å²) in [5.41, 5.74) is 0.366. The highest BCUT2D eigenvalue weighted by atomic mass is 16.2. The Balaban J connectivity index is 2.29. The lowest BCUT2D eigenvalue weighted by Crippen LogP contribution is -2.48. The Labute approximate surface area is 118 Å². The Morgan fingerprint density at radius 3 is 2.35 bits per heavy atom. The number of aryl methyl sites for hydroxylation is 1. The van der Waals surface area contributed by atoms with Crippen molar-refractivity contribution in [1.82, 2.24) is 19.8 Å². The largest absolute Gasteiger partial charge is 0.336 e. The van der Waals surface area contributed by atoms with Gasteiger partial charge in [0.25, 0.3) is 11.5 Å². The third-order valence-corrected chi connectivity index (χ3v) is 3.67. The summed E-state index contributed by atoms with van der Waals surface area (Å²) in [4.78, 5) is 35.6. The Morgan fingerprint density at radius 1 is 1.25 bits per heavy atom. The lowest BCUT2D eigenvalue weighted by Gasteiger charge is -2.32. The molecule has 1 N–H and O–H groups in total. The van der Waals surface area contributed by atoms with E-state index in [4.69, 9.17) is 0 Å². The zero-order chi connectivity index (χ0) is 14.9. The van der Waals surface area contributed by atoms with Crippen LogP contribution in [-0.2, 0) is 0 Å². The van der Waals surface area contributed by atoms with Crippen LogP contribution < -0.4 is 5.56 Å². The molecule has 1 aliphatic rings. The number of nitrogens with one attached hydrogen (secondary N) is 1. The smallest absolute Gasteiger partial charge is 0.264 e. The molecule has 2 rings (SSSR count). The summed E-state index contributed by atoms with van der Waals surface area (Å²) in [6, 6.07) is 0. The van der Waals surface area contributed by atoms with Crippen molar-refractivity contribution in [3.8, 4) is 0 Å². The van der Waals surface area contributed by atoms with Crippen LogP contribution in [0.3, 0.4) is 0 Å². The van der Waals surface area contributed by atoms with Crippen LogP contribution in [-0.4, -0.2) is 58.9 Å². The average molecular weight is 278 g/mol. The number of aromatic amines is 1. The van der Waals surface area contributed by atoms with Gasteiger partial charge < -0.3 is 14.8 Å². The molecule has 0 unspecified atom stereocenters. The van der Waals surface area contributed by atoms with E-state index in [1.165, 1.54) is 0 Å². The van der Waals surface area contributed by atoms with Crippen LogP contribution in [0.5, 0.6) is 0 Å². The molecule has 110 valence electrons. The molecule has 1 amide bonds. The van der Waals surface area contributed by atoms with Gasteiger partial charge in [0, 0.05) is 32.1 Å². The molecule has 0 saturated carbocycles. The first-order chi connectivity index (χ1) is 9.40. The molecule has 1 aliphatic heterocycles. The summed E-state index contributed by atoms with van der Waals surface area (Å²) < 4.78 is 0. The maximum Gasteiger partial charge on any atom is 0.264 e. The van der Waals surface area contributed by atoms with E-state index in [9.17, 15) is 9.59 Å². The van der Waals surface area contributed by atoms with Crippen LogP contribution in [0.25, 0.3) is 0 Å². The fraction of sp³-hybridized carbons (Fsp3) is 0.643. The van der Waals surface area contributed by atoms with Gasteiger partial charge in [-0.3, -0.25) is 9.59 Å². The molecule has 1 aromatic heterocycles. The molecule has 0 aliphatic carbocycles. The molecular formula is C14H22N4O2. The maximum atomic E-state index is 12.5. The number of amides is 1. The normalized spacial score (nSPS) is 16.8. The van der Waals surface area contributed by atoms with Gasteiger partial charge in [0.05, 0.1) is 5.69 Å². The topological polar surface area (TPSA) is 69.3 Å². The zero-order valence-electron chi connectivity index (χ0n) is 12.6. The van der Waals surface area contributed by atoms with Gasteiger partial charge in [0.2, 0.25) is 0 Å². The van der Waals surface area contributed by atoms with Gasteiger partial charge in [0.1, 0.15) is 11.4 Å². The van der Waals surface area contributed by atoms with Gasteiger partial charge in [-0.25, -0.2) is 4.98 Å². The van der Waals surface area contributed by atoms with E-state index in [2.05, 4.69) is 14.9 Å². The van der Waals surface area contributed by atoms with Crippen LogP contribution in [0.15, 0.2) is 4.79 Å². The summed E-state index contributed by atoms with van der Waals surface area (Å²) in [5.74, 6) is 0.552. The minimum Gasteiger partial charge on any atom is -0.336 e.